The number of methoxy groups -OCH3 is 1. The fourth-order valence-corrected chi connectivity index (χ4v) is 1.68. The number of carbonyl (C=O) groups is 2. The van der Waals surface area contributed by atoms with Crippen LogP contribution in [0.4, 0.5) is 4.79 Å². The number of hydrogen-bond acceptors (Lipinski definition) is 5. The molecule has 1 atom stereocenters. The summed E-state index contributed by atoms with van der Waals surface area (Å²) in [5, 5.41) is 6.80. The highest BCUT2D eigenvalue weighted by Gasteiger charge is 2.25. The fraction of sp³-hybridized carbons (Fsp3) is 0.643. The van der Waals surface area contributed by atoms with Gasteiger partial charge in [0, 0.05) is 19.2 Å². The quantitative estimate of drug-likeness (QED) is 0.833. The highest BCUT2D eigenvalue weighted by Crippen LogP contribution is 2.08. The van der Waals surface area contributed by atoms with Crippen molar-refractivity contribution in [3.05, 3.63) is 18.0 Å². The van der Waals surface area contributed by atoms with Crippen LogP contribution in [0, 0.1) is 0 Å². The third-order valence-corrected chi connectivity index (χ3v) is 2.61. The molecule has 1 rings (SSSR count). The second kappa shape index (κ2) is 7.10. The van der Waals surface area contributed by atoms with Gasteiger partial charge >= 0.3 is 12.1 Å². The van der Waals surface area contributed by atoms with E-state index in [9.17, 15) is 9.59 Å². The number of aromatic nitrogens is 2. The van der Waals surface area contributed by atoms with Crippen molar-refractivity contribution in [2.75, 3.05) is 7.11 Å². The molecule has 0 aliphatic carbocycles. The lowest BCUT2D eigenvalue weighted by Crippen LogP contribution is -2.45. The van der Waals surface area contributed by atoms with Gasteiger partial charge in [0.25, 0.3) is 0 Å². The maximum Gasteiger partial charge on any atom is 0.408 e. The summed E-state index contributed by atoms with van der Waals surface area (Å²) in [6.45, 7) is 7.96. The maximum absolute atomic E-state index is 11.8. The molecule has 0 aliphatic heterocycles. The number of carbonyl (C=O) groups excluding carboxylic acids is 2. The molecular weight excluding hydrogens is 274 g/mol. The Morgan fingerprint density at radius 1 is 1.43 bits per heavy atom. The van der Waals surface area contributed by atoms with Crippen LogP contribution in [0.3, 0.4) is 0 Å². The summed E-state index contributed by atoms with van der Waals surface area (Å²) in [5.41, 5.74) is 0.0671. The van der Waals surface area contributed by atoms with Gasteiger partial charge < -0.3 is 14.8 Å². The van der Waals surface area contributed by atoms with Gasteiger partial charge in [-0.15, -0.1) is 0 Å². The number of hydrogen-bond donors (Lipinski definition) is 1. The van der Waals surface area contributed by atoms with E-state index in [1.165, 1.54) is 7.11 Å². The molecule has 1 aromatic heterocycles. The van der Waals surface area contributed by atoms with Crippen molar-refractivity contribution >= 4 is 12.1 Å². The molecule has 0 radical (unpaired) electrons. The Hall–Kier alpha value is -2.05. The topological polar surface area (TPSA) is 82.5 Å². The SMILES string of the molecule is CCn1ccc(C[C@H](NC(=O)OC(C)(C)C)C(=O)OC)n1. The summed E-state index contributed by atoms with van der Waals surface area (Å²) in [6, 6.07) is 0.973. The monoisotopic (exact) mass is 297 g/mol. The van der Waals surface area contributed by atoms with Gasteiger partial charge in [0.15, 0.2) is 0 Å². The van der Waals surface area contributed by atoms with Crippen LogP contribution in [-0.2, 0) is 27.2 Å². The van der Waals surface area contributed by atoms with Crippen molar-refractivity contribution < 1.29 is 19.1 Å². The van der Waals surface area contributed by atoms with Gasteiger partial charge in [-0.3, -0.25) is 4.68 Å². The van der Waals surface area contributed by atoms with Gasteiger partial charge in [-0.05, 0) is 33.8 Å². The zero-order chi connectivity index (χ0) is 16.0. The van der Waals surface area contributed by atoms with Crippen LogP contribution in [0.5, 0.6) is 0 Å². The third kappa shape index (κ3) is 5.85. The van der Waals surface area contributed by atoms with Crippen molar-refractivity contribution in [1.29, 1.82) is 0 Å². The van der Waals surface area contributed by atoms with Gasteiger partial charge in [-0.1, -0.05) is 0 Å². The van der Waals surface area contributed by atoms with Crippen molar-refractivity contribution in [1.82, 2.24) is 15.1 Å². The van der Waals surface area contributed by atoms with Crippen LogP contribution in [0.15, 0.2) is 12.3 Å². The molecule has 0 saturated heterocycles. The van der Waals surface area contributed by atoms with Crippen molar-refractivity contribution in [3.8, 4) is 0 Å². The minimum atomic E-state index is -0.829. The van der Waals surface area contributed by atoms with E-state index in [1.807, 2.05) is 13.1 Å². The zero-order valence-corrected chi connectivity index (χ0v) is 13.2. The lowest BCUT2D eigenvalue weighted by molar-refractivity contribution is -0.143. The van der Waals surface area contributed by atoms with E-state index in [-0.39, 0.29) is 6.42 Å². The van der Waals surface area contributed by atoms with Gasteiger partial charge in [0.1, 0.15) is 11.6 Å². The highest BCUT2D eigenvalue weighted by atomic mass is 16.6. The molecule has 7 nitrogen and oxygen atoms in total. The predicted octanol–water partition coefficient (Wildman–Crippen LogP) is 1.51. The van der Waals surface area contributed by atoms with Crippen molar-refractivity contribution in [2.24, 2.45) is 0 Å². The number of ether oxygens (including phenoxy) is 2. The van der Waals surface area contributed by atoms with Crippen LogP contribution in [0.1, 0.15) is 33.4 Å². The molecule has 7 heteroatoms. The molecule has 0 aliphatic rings. The Balaban J connectivity index is 2.72. The Labute approximate surface area is 124 Å². The number of nitrogens with one attached hydrogen (secondary N) is 1. The third-order valence-electron chi connectivity index (χ3n) is 2.61. The number of rotatable bonds is 5. The van der Waals surface area contributed by atoms with Gasteiger partial charge in [-0.25, -0.2) is 9.59 Å². The Morgan fingerprint density at radius 2 is 2.10 bits per heavy atom. The summed E-state index contributed by atoms with van der Waals surface area (Å²) in [7, 11) is 1.27. The Kier molecular flexibility index (Phi) is 5.75. The van der Waals surface area contributed by atoms with E-state index in [1.54, 1.807) is 31.5 Å². The molecule has 0 aromatic carbocycles. The molecule has 0 fully saturated rings. The fourth-order valence-electron chi connectivity index (χ4n) is 1.68. The number of esters is 1. The molecular formula is C14H23N3O4. The summed E-state index contributed by atoms with van der Waals surface area (Å²) >= 11 is 0. The summed E-state index contributed by atoms with van der Waals surface area (Å²) in [5.74, 6) is -0.535. The first-order valence-electron chi connectivity index (χ1n) is 6.85. The van der Waals surface area contributed by atoms with Crippen LogP contribution >= 0.6 is 0 Å². The molecule has 1 N–H and O–H groups in total. The van der Waals surface area contributed by atoms with Crippen LogP contribution < -0.4 is 5.32 Å². The summed E-state index contributed by atoms with van der Waals surface area (Å²) < 4.78 is 11.6. The zero-order valence-electron chi connectivity index (χ0n) is 13.2. The van der Waals surface area contributed by atoms with E-state index in [0.717, 1.165) is 6.54 Å². The molecule has 1 aromatic rings. The number of amides is 1. The molecule has 0 unspecified atom stereocenters. The first-order valence-corrected chi connectivity index (χ1v) is 6.85. The number of nitrogens with zero attached hydrogens (tertiary/aromatic N) is 2. The van der Waals surface area contributed by atoms with Gasteiger partial charge in [0.2, 0.25) is 0 Å². The largest absolute Gasteiger partial charge is 0.467 e. The molecule has 0 spiro atoms. The molecule has 0 saturated carbocycles. The smallest absolute Gasteiger partial charge is 0.408 e. The van der Waals surface area contributed by atoms with Crippen LogP contribution in [0.2, 0.25) is 0 Å². The average molecular weight is 297 g/mol. The standard InChI is InChI=1S/C14H23N3O4/c1-6-17-8-7-10(16-17)9-11(12(18)20-5)15-13(19)21-14(2,3)4/h7-8,11H,6,9H2,1-5H3,(H,15,19)/t11-/m0/s1. The normalized spacial score (nSPS) is 12.6. The molecule has 1 heterocycles. The second-order valence-corrected chi connectivity index (χ2v) is 5.59. The lowest BCUT2D eigenvalue weighted by atomic mass is 10.1. The molecule has 21 heavy (non-hydrogen) atoms. The Bertz CT molecular complexity index is 491. The highest BCUT2D eigenvalue weighted by molar-refractivity contribution is 5.81. The lowest BCUT2D eigenvalue weighted by Gasteiger charge is -2.22. The minimum Gasteiger partial charge on any atom is -0.467 e. The maximum atomic E-state index is 11.8. The van der Waals surface area contributed by atoms with Crippen molar-refractivity contribution in [3.63, 3.8) is 0 Å². The molecule has 1 amide bonds. The number of alkyl carbamates (subject to hydrolysis) is 1. The van der Waals surface area contributed by atoms with Crippen molar-refractivity contribution in [2.45, 2.75) is 52.3 Å². The summed E-state index contributed by atoms with van der Waals surface area (Å²) in [6.07, 6.45) is 1.41. The van der Waals surface area contributed by atoms with E-state index < -0.39 is 23.7 Å². The molecule has 118 valence electrons. The minimum absolute atomic E-state index is 0.249. The van der Waals surface area contributed by atoms with E-state index in [0.29, 0.717) is 5.69 Å². The molecule has 0 bridgehead atoms. The van der Waals surface area contributed by atoms with Crippen LogP contribution in [0.25, 0.3) is 0 Å². The number of aryl methyl sites for hydroxylation is 1. The second-order valence-electron chi connectivity index (χ2n) is 5.59. The van der Waals surface area contributed by atoms with Gasteiger partial charge in [0.05, 0.1) is 12.8 Å². The van der Waals surface area contributed by atoms with E-state index in [4.69, 9.17) is 9.47 Å². The Morgan fingerprint density at radius 3 is 2.57 bits per heavy atom. The first kappa shape index (κ1) is 17.0. The predicted molar refractivity (Wildman–Crippen MR) is 76.8 cm³/mol. The first-order chi connectivity index (χ1) is 9.75. The van der Waals surface area contributed by atoms with Crippen LogP contribution in [-0.4, -0.2) is 40.6 Å². The van der Waals surface area contributed by atoms with Gasteiger partial charge in [-0.2, -0.15) is 5.10 Å². The average Bonchev–Trinajstić information content (AvgIpc) is 2.82. The summed E-state index contributed by atoms with van der Waals surface area (Å²) in [4.78, 5) is 23.5. The van der Waals surface area contributed by atoms with E-state index >= 15 is 0 Å². The van der Waals surface area contributed by atoms with E-state index in [2.05, 4.69) is 10.4 Å².